The van der Waals surface area contributed by atoms with Crippen LogP contribution in [0.2, 0.25) is 0 Å². The zero-order chi connectivity index (χ0) is 17.3. The Morgan fingerprint density at radius 1 is 1.17 bits per heavy atom. The zero-order valence-electron chi connectivity index (χ0n) is 12.5. The van der Waals surface area contributed by atoms with Crippen molar-refractivity contribution in [2.75, 3.05) is 10.8 Å². The van der Waals surface area contributed by atoms with Crippen LogP contribution in [0.15, 0.2) is 52.0 Å². The van der Waals surface area contributed by atoms with E-state index in [0.717, 1.165) is 9.87 Å². The summed E-state index contributed by atoms with van der Waals surface area (Å²) in [4.78, 5) is 10.9. The molecule has 0 spiro atoms. The first-order valence-corrected chi connectivity index (χ1v) is 8.34. The van der Waals surface area contributed by atoms with Crippen LogP contribution in [0.4, 0.5) is 5.69 Å². The van der Waals surface area contributed by atoms with E-state index in [0.29, 0.717) is 0 Å². The summed E-state index contributed by atoms with van der Waals surface area (Å²) in [6.45, 7) is 1.01. The van der Waals surface area contributed by atoms with E-state index in [9.17, 15) is 18.3 Å². The Hall–Kier alpha value is -2.94. The number of carbonyl (C=O) groups is 1. The van der Waals surface area contributed by atoms with Gasteiger partial charge in [0.05, 0.1) is 18.2 Å². The van der Waals surface area contributed by atoms with Gasteiger partial charge in [0.25, 0.3) is 10.0 Å². The van der Waals surface area contributed by atoms with Crippen molar-refractivity contribution in [1.82, 2.24) is 10.3 Å². The predicted octanol–water partition coefficient (Wildman–Crippen LogP) is 0.476. The number of aliphatic carboxylic acids is 1. The number of carboxylic acids is 1. The number of anilines is 1. The molecule has 2 aromatic carbocycles. The maximum absolute atomic E-state index is 13.0. The van der Waals surface area contributed by atoms with Crippen molar-refractivity contribution in [3.8, 4) is 0 Å². The lowest BCUT2D eigenvalue weighted by molar-refractivity contribution is -0.303. The summed E-state index contributed by atoms with van der Waals surface area (Å²) in [5.41, 5.74) is 1.41. The highest BCUT2D eigenvalue weighted by molar-refractivity contribution is 7.93. The topological polar surface area (TPSA) is 116 Å². The number of carboxylic acid groups (broad SMARTS) is 1. The summed E-state index contributed by atoms with van der Waals surface area (Å²) >= 11 is 0. The Morgan fingerprint density at radius 3 is 2.54 bits per heavy atom. The number of fused-ring (bicyclic) bond motifs is 1. The summed E-state index contributed by atoms with van der Waals surface area (Å²) in [6, 6.07) is 10.8. The lowest BCUT2D eigenvalue weighted by atomic mass is 10.2. The van der Waals surface area contributed by atoms with Gasteiger partial charge in [-0.15, -0.1) is 0 Å². The van der Waals surface area contributed by atoms with Crippen LogP contribution in [0, 0.1) is 6.92 Å². The van der Waals surface area contributed by atoms with E-state index in [-0.39, 0.29) is 21.6 Å². The molecule has 0 atom stereocenters. The molecule has 24 heavy (non-hydrogen) atoms. The Kier molecular flexibility index (Phi) is 3.94. The molecule has 1 heterocycles. The monoisotopic (exact) mass is 346 g/mol. The van der Waals surface area contributed by atoms with Crippen LogP contribution in [0.1, 0.15) is 5.56 Å². The molecule has 0 saturated carbocycles. The number of hydrogen-bond donors (Lipinski definition) is 0. The molecule has 0 bridgehead atoms. The van der Waals surface area contributed by atoms with Crippen molar-refractivity contribution in [3.05, 3.63) is 48.0 Å². The quantitative estimate of drug-likeness (QED) is 0.659. The number of nitrogens with zero attached hydrogens (tertiary/aromatic N) is 3. The Bertz CT molecular complexity index is 995. The van der Waals surface area contributed by atoms with Crippen molar-refractivity contribution in [2.24, 2.45) is 0 Å². The molecule has 1 aromatic heterocycles. The van der Waals surface area contributed by atoms with Gasteiger partial charge in [-0.05, 0) is 41.5 Å². The minimum Gasteiger partial charge on any atom is -0.548 e. The standard InChI is InChI=1S/C15H13N3O5S/c1-10-5-7-11(8-6-10)18(9-14(19)20)24(21,22)13-4-2-3-12-15(13)17-23-16-12/h2-8H,9H2,1H3,(H,19,20)/p-1. The maximum Gasteiger partial charge on any atom is 0.267 e. The van der Waals surface area contributed by atoms with Crippen molar-refractivity contribution in [1.29, 1.82) is 0 Å². The molecule has 0 saturated heterocycles. The molecule has 3 rings (SSSR count). The average molecular weight is 346 g/mol. The number of benzene rings is 2. The first kappa shape index (κ1) is 15.9. The second-order valence-electron chi connectivity index (χ2n) is 5.11. The fourth-order valence-electron chi connectivity index (χ4n) is 2.25. The molecule has 0 fully saturated rings. The molecule has 3 aromatic rings. The number of carbonyl (C=O) groups excluding carboxylic acids is 1. The van der Waals surface area contributed by atoms with Crippen molar-refractivity contribution >= 4 is 32.7 Å². The predicted molar refractivity (Wildman–Crippen MR) is 82.5 cm³/mol. The molecule has 124 valence electrons. The Labute approximate surface area is 137 Å². The van der Waals surface area contributed by atoms with Gasteiger partial charge in [0.2, 0.25) is 0 Å². The molecule has 0 aliphatic carbocycles. The molecule has 8 nitrogen and oxygen atoms in total. The van der Waals surface area contributed by atoms with E-state index in [2.05, 4.69) is 14.9 Å². The van der Waals surface area contributed by atoms with Crippen molar-refractivity contribution in [2.45, 2.75) is 11.8 Å². The SMILES string of the molecule is Cc1ccc(N(CC(=O)[O-])S(=O)(=O)c2cccc3nonc23)cc1. The minimum absolute atomic E-state index is 0.0351. The molecule has 0 unspecified atom stereocenters. The lowest BCUT2D eigenvalue weighted by Gasteiger charge is -2.25. The van der Waals surface area contributed by atoms with Crippen LogP contribution in [-0.4, -0.2) is 31.2 Å². The van der Waals surface area contributed by atoms with Crippen molar-refractivity contribution < 1.29 is 22.9 Å². The number of aromatic nitrogens is 2. The van der Waals surface area contributed by atoms with E-state index in [4.69, 9.17) is 0 Å². The fourth-order valence-corrected chi connectivity index (χ4v) is 3.80. The van der Waals surface area contributed by atoms with Gasteiger partial charge >= 0.3 is 0 Å². The highest BCUT2D eigenvalue weighted by atomic mass is 32.2. The summed E-state index contributed by atoms with van der Waals surface area (Å²) in [5, 5.41) is 18.3. The van der Waals surface area contributed by atoms with Gasteiger partial charge in [-0.3, -0.25) is 4.31 Å². The summed E-state index contributed by atoms with van der Waals surface area (Å²) in [7, 11) is -4.21. The first-order valence-electron chi connectivity index (χ1n) is 6.90. The smallest absolute Gasteiger partial charge is 0.267 e. The Morgan fingerprint density at radius 2 is 1.88 bits per heavy atom. The molecular formula is C15H12N3O5S-. The van der Waals surface area contributed by atoms with Crippen LogP contribution in [-0.2, 0) is 14.8 Å². The van der Waals surface area contributed by atoms with Crippen molar-refractivity contribution in [3.63, 3.8) is 0 Å². The molecule has 0 N–H and O–H groups in total. The van der Waals surface area contributed by atoms with Gasteiger partial charge < -0.3 is 9.90 Å². The highest BCUT2D eigenvalue weighted by Crippen LogP contribution is 2.27. The average Bonchev–Trinajstić information content (AvgIpc) is 3.01. The van der Waals surface area contributed by atoms with Crippen LogP contribution in [0.5, 0.6) is 0 Å². The third kappa shape index (κ3) is 2.81. The van der Waals surface area contributed by atoms with Gasteiger partial charge in [0, 0.05) is 0 Å². The van der Waals surface area contributed by atoms with E-state index < -0.39 is 22.5 Å². The van der Waals surface area contributed by atoms with Gasteiger partial charge in [-0.25, -0.2) is 13.0 Å². The van der Waals surface area contributed by atoms with Gasteiger partial charge in [-0.2, -0.15) is 0 Å². The number of sulfonamides is 1. The molecular weight excluding hydrogens is 334 g/mol. The third-order valence-electron chi connectivity index (χ3n) is 3.41. The largest absolute Gasteiger partial charge is 0.548 e. The fraction of sp³-hybridized carbons (Fsp3) is 0.133. The summed E-state index contributed by atoms with van der Waals surface area (Å²) in [5.74, 6) is -1.52. The first-order chi connectivity index (χ1) is 11.4. The lowest BCUT2D eigenvalue weighted by Crippen LogP contribution is -2.41. The van der Waals surface area contributed by atoms with Gasteiger partial charge in [-0.1, -0.05) is 23.8 Å². The van der Waals surface area contributed by atoms with E-state index >= 15 is 0 Å². The molecule has 0 amide bonds. The normalized spacial score (nSPS) is 11.5. The van der Waals surface area contributed by atoms with E-state index in [1.54, 1.807) is 18.2 Å². The number of hydrogen-bond acceptors (Lipinski definition) is 7. The summed E-state index contributed by atoms with van der Waals surface area (Å²) in [6.07, 6.45) is 0. The molecule has 0 aliphatic heterocycles. The zero-order valence-corrected chi connectivity index (χ0v) is 13.4. The van der Waals surface area contributed by atoms with Crippen LogP contribution in [0.25, 0.3) is 11.0 Å². The number of rotatable bonds is 5. The van der Waals surface area contributed by atoms with Gasteiger partial charge in [0.1, 0.15) is 10.4 Å². The highest BCUT2D eigenvalue weighted by Gasteiger charge is 2.28. The van der Waals surface area contributed by atoms with Crippen LogP contribution >= 0.6 is 0 Å². The van der Waals surface area contributed by atoms with Gasteiger partial charge in [0.15, 0.2) is 5.52 Å². The van der Waals surface area contributed by atoms with E-state index in [1.165, 1.54) is 24.3 Å². The minimum atomic E-state index is -4.21. The second kappa shape index (κ2) is 5.93. The maximum atomic E-state index is 13.0. The van der Waals surface area contributed by atoms with E-state index in [1.807, 2.05) is 6.92 Å². The summed E-state index contributed by atoms with van der Waals surface area (Å²) < 4.78 is 31.3. The molecule has 0 radical (unpaired) electrons. The Balaban J connectivity index is 2.17. The van der Waals surface area contributed by atoms with Crippen LogP contribution < -0.4 is 9.41 Å². The third-order valence-corrected chi connectivity index (χ3v) is 5.22. The molecule has 9 heteroatoms. The number of aryl methyl sites for hydroxylation is 1. The second-order valence-corrected chi connectivity index (χ2v) is 6.94. The molecule has 0 aliphatic rings. The van der Waals surface area contributed by atoms with Crippen LogP contribution in [0.3, 0.4) is 0 Å².